The van der Waals surface area contributed by atoms with Crippen molar-refractivity contribution in [3.05, 3.63) is 94.0 Å². The van der Waals surface area contributed by atoms with Crippen molar-refractivity contribution in [2.75, 3.05) is 5.32 Å². The van der Waals surface area contributed by atoms with Crippen LogP contribution in [0.4, 0.5) is 5.69 Å². The van der Waals surface area contributed by atoms with Crippen LogP contribution in [0.1, 0.15) is 41.3 Å². The predicted octanol–water partition coefficient (Wildman–Crippen LogP) is 7.35. The molecule has 0 aliphatic heterocycles. The lowest BCUT2D eigenvalue weighted by molar-refractivity contribution is 0.102. The Morgan fingerprint density at radius 3 is 2.50 bits per heavy atom. The zero-order chi connectivity index (χ0) is 21.3. The average molecular weight is 459 g/mol. The zero-order valence-electron chi connectivity index (χ0n) is 17.2. The minimum absolute atomic E-state index is 0.124. The number of benzene rings is 3. The summed E-state index contributed by atoms with van der Waals surface area (Å²) in [6.07, 6.45) is 0. The van der Waals surface area contributed by atoms with Gasteiger partial charge in [0.05, 0.1) is 16.8 Å². The molecule has 0 fully saturated rings. The summed E-state index contributed by atoms with van der Waals surface area (Å²) in [4.78, 5) is 18.3. The summed E-state index contributed by atoms with van der Waals surface area (Å²) in [6, 6.07) is 23.8. The molecule has 4 aromatic rings. The molecule has 0 aliphatic rings. The van der Waals surface area contributed by atoms with Crippen molar-refractivity contribution in [2.45, 2.75) is 26.7 Å². The number of anilines is 1. The first kappa shape index (κ1) is 20.3. The van der Waals surface area contributed by atoms with Gasteiger partial charge in [0.1, 0.15) is 0 Å². The number of carbonyl (C=O) groups excluding carboxylic acids is 1. The number of hydrogen-bond donors (Lipinski definition) is 1. The summed E-state index contributed by atoms with van der Waals surface area (Å²) in [6.45, 7) is 6.30. The largest absolute Gasteiger partial charge is 0.321 e. The van der Waals surface area contributed by atoms with Crippen molar-refractivity contribution < 1.29 is 4.79 Å². The van der Waals surface area contributed by atoms with E-state index in [1.165, 1.54) is 0 Å². The number of hydrogen-bond acceptors (Lipinski definition) is 2. The molecule has 3 aromatic carbocycles. The maximum atomic E-state index is 13.5. The number of nitrogens with one attached hydrogen (secondary N) is 1. The first-order valence-electron chi connectivity index (χ1n) is 10.0. The molecular formula is C26H23BrN2O. The lowest BCUT2D eigenvalue weighted by Crippen LogP contribution is -2.15. The van der Waals surface area contributed by atoms with E-state index in [2.05, 4.69) is 41.2 Å². The molecule has 0 aliphatic carbocycles. The molecular weight excluding hydrogens is 436 g/mol. The minimum atomic E-state index is -0.124. The quantitative estimate of drug-likeness (QED) is 0.347. The number of amides is 1. The lowest BCUT2D eigenvalue weighted by Gasteiger charge is -2.17. The van der Waals surface area contributed by atoms with E-state index in [9.17, 15) is 4.79 Å². The van der Waals surface area contributed by atoms with Crippen LogP contribution in [0.25, 0.3) is 22.2 Å². The summed E-state index contributed by atoms with van der Waals surface area (Å²) in [5, 5.41) is 4.02. The summed E-state index contributed by atoms with van der Waals surface area (Å²) in [5.41, 5.74) is 6.23. The number of halogens is 1. The smallest absolute Gasteiger partial charge is 0.256 e. The third kappa shape index (κ3) is 4.01. The lowest BCUT2D eigenvalue weighted by atomic mass is 9.97. The molecule has 0 saturated heterocycles. The second kappa shape index (κ2) is 8.41. The van der Waals surface area contributed by atoms with E-state index in [0.29, 0.717) is 11.5 Å². The molecule has 150 valence electrons. The molecule has 0 spiro atoms. The molecule has 0 atom stereocenters. The number of fused-ring (bicyclic) bond motifs is 1. The Kier molecular flexibility index (Phi) is 5.69. The molecule has 0 bridgehead atoms. The molecule has 1 heterocycles. The summed E-state index contributed by atoms with van der Waals surface area (Å²) >= 11 is 3.52. The van der Waals surface area contributed by atoms with Gasteiger partial charge in [0.25, 0.3) is 5.91 Å². The summed E-state index contributed by atoms with van der Waals surface area (Å²) in [7, 11) is 0. The van der Waals surface area contributed by atoms with Gasteiger partial charge < -0.3 is 5.32 Å². The number of rotatable bonds is 4. The van der Waals surface area contributed by atoms with Crippen LogP contribution in [0.15, 0.2) is 77.3 Å². The Labute approximate surface area is 185 Å². The third-order valence-corrected chi connectivity index (χ3v) is 5.74. The third-order valence-electron chi connectivity index (χ3n) is 5.25. The Balaban J connectivity index is 1.83. The average Bonchev–Trinajstić information content (AvgIpc) is 2.74. The van der Waals surface area contributed by atoms with Crippen LogP contribution in [-0.2, 0) is 0 Å². The van der Waals surface area contributed by atoms with Gasteiger partial charge in [-0.15, -0.1) is 0 Å². The van der Waals surface area contributed by atoms with Crippen LogP contribution in [0.2, 0.25) is 0 Å². The normalized spacial score (nSPS) is 11.1. The van der Waals surface area contributed by atoms with Gasteiger partial charge in [-0.05, 0) is 48.2 Å². The molecule has 1 amide bonds. The van der Waals surface area contributed by atoms with E-state index < -0.39 is 0 Å². The number of aromatic nitrogens is 1. The van der Waals surface area contributed by atoms with Crippen LogP contribution in [0.5, 0.6) is 0 Å². The monoisotopic (exact) mass is 458 g/mol. The second-order valence-corrected chi connectivity index (χ2v) is 8.65. The molecule has 0 radical (unpaired) electrons. The van der Waals surface area contributed by atoms with E-state index in [4.69, 9.17) is 4.98 Å². The molecule has 4 heteroatoms. The van der Waals surface area contributed by atoms with Crippen LogP contribution >= 0.6 is 15.9 Å². The Morgan fingerprint density at radius 1 is 0.967 bits per heavy atom. The van der Waals surface area contributed by atoms with E-state index in [0.717, 1.165) is 43.4 Å². The fourth-order valence-corrected chi connectivity index (χ4v) is 4.08. The highest BCUT2D eigenvalue weighted by Crippen LogP contribution is 2.30. The highest BCUT2D eigenvalue weighted by molar-refractivity contribution is 9.10. The molecule has 0 saturated carbocycles. The fourth-order valence-electron chi connectivity index (χ4n) is 3.68. The Morgan fingerprint density at radius 2 is 1.73 bits per heavy atom. The van der Waals surface area contributed by atoms with Crippen molar-refractivity contribution in [3.63, 3.8) is 0 Å². The van der Waals surface area contributed by atoms with Gasteiger partial charge in [-0.1, -0.05) is 78.3 Å². The van der Waals surface area contributed by atoms with Crippen LogP contribution in [0, 0.1) is 6.92 Å². The molecule has 0 unspecified atom stereocenters. The number of para-hydroxylation sites is 2. The zero-order valence-corrected chi connectivity index (χ0v) is 18.8. The maximum absolute atomic E-state index is 13.5. The fraction of sp³-hybridized carbons (Fsp3) is 0.154. The van der Waals surface area contributed by atoms with Crippen molar-refractivity contribution in [1.29, 1.82) is 0 Å². The predicted molar refractivity (Wildman–Crippen MR) is 128 cm³/mol. The minimum Gasteiger partial charge on any atom is -0.321 e. The molecule has 30 heavy (non-hydrogen) atoms. The summed E-state index contributed by atoms with van der Waals surface area (Å²) in [5.74, 6) is 0.188. The molecule has 1 aromatic heterocycles. The number of carbonyl (C=O) groups is 1. The maximum Gasteiger partial charge on any atom is 0.256 e. The van der Waals surface area contributed by atoms with Crippen molar-refractivity contribution in [3.8, 4) is 11.3 Å². The SMILES string of the molecule is Cc1cccc(C(C)C)c1NC(=O)c1cc(-c2cccc(Br)c2)nc2ccccc12. The van der Waals surface area contributed by atoms with Gasteiger partial charge in [0.15, 0.2) is 0 Å². The Hall–Kier alpha value is -2.98. The number of pyridine rings is 1. The topological polar surface area (TPSA) is 42.0 Å². The highest BCUT2D eigenvalue weighted by Gasteiger charge is 2.17. The highest BCUT2D eigenvalue weighted by atomic mass is 79.9. The van der Waals surface area contributed by atoms with E-state index in [1.54, 1.807) is 0 Å². The number of aryl methyl sites for hydroxylation is 1. The van der Waals surface area contributed by atoms with Gasteiger partial charge in [-0.3, -0.25) is 4.79 Å². The van der Waals surface area contributed by atoms with Gasteiger partial charge in [0, 0.05) is 21.1 Å². The standard InChI is InChI=1S/C26H23BrN2O/c1-16(2)20-12-6-8-17(3)25(20)29-26(30)22-15-24(18-9-7-10-19(27)14-18)28-23-13-5-4-11-21(22)23/h4-16H,1-3H3,(H,29,30). The van der Waals surface area contributed by atoms with Crippen LogP contribution in [-0.4, -0.2) is 10.9 Å². The molecule has 1 N–H and O–H groups in total. The van der Waals surface area contributed by atoms with Crippen molar-refractivity contribution in [1.82, 2.24) is 4.98 Å². The second-order valence-electron chi connectivity index (χ2n) is 7.73. The van der Waals surface area contributed by atoms with Gasteiger partial charge >= 0.3 is 0 Å². The van der Waals surface area contributed by atoms with Gasteiger partial charge in [0.2, 0.25) is 0 Å². The van der Waals surface area contributed by atoms with Gasteiger partial charge in [-0.25, -0.2) is 4.98 Å². The van der Waals surface area contributed by atoms with Crippen LogP contribution in [0.3, 0.4) is 0 Å². The molecule has 3 nitrogen and oxygen atoms in total. The van der Waals surface area contributed by atoms with Crippen LogP contribution < -0.4 is 5.32 Å². The first-order valence-corrected chi connectivity index (χ1v) is 10.8. The number of nitrogens with zero attached hydrogens (tertiary/aromatic N) is 1. The summed E-state index contributed by atoms with van der Waals surface area (Å²) < 4.78 is 0.974. The van der Waals surface area contributed by atoms with E-state index in [-0.39, 0.29) is 5.91 Å². The molecule has 4 rings (SSSR count). The Bertz CT molecular complexity index is 1250. The van der Waals surface area contributed by atoms with E-state index >= 15 is 0 Å². The van der Waals surface area contributed by atoms with Crippen molar-refractivity contribution >= 4 is 38.4 Å². The van der Waals surface area contributed by atoms with E-state index in [1.807, 2.05) is 73.7 Å². The van der Waals surface area contributed by atoms with Crippen molar-refractivity contribution in [2.24, 2.45) is 0 Å². The first-order chi connectivity index (χ1) is 14.4. The van der Waals surface area contributed by atoms with Gasteiger partial charge in [-0.2, -0.15) is 0 Å².